The van der Waals surface area contributed by atoms with Gasteiger partial charge in [0.25, 0.3) is 0 Å². The molecule has 0 aliphatic rings. The van der Waals surface area contributed by atoms with E-state index >= 15 is 0 Å². The summed E-state index contributed by atoms with van der Waals surface area (Å²) in [6.45, 7) is -1.49. The molecular formula is C13H15F2NO5. The van der Waals surface area contributed by atoms with Gasteiger partial charge in [-0.25, -0.2) is 4.79 Å². The average molecular weight is 303 g/mol. The molecule has 1 aromatic rings. The molecule has 1 amide bonds. The van der Waals surface area contributed by atoms with Crippen molar-refractivity contribution in [3.05, 3.63) is 29.8 Å². The Hall–Kier alpha value is -2.22. The molecule has 8 heteroatoms. The van der Waals surface area contributed by atoms with Crippen LogP contribution in [0.2, 0.25) is 0 Å². The maximum absolute atomic E-state index is 12.3. The van der Waals surface area contributed by atoms with Crippen molar-refractivity contribution in [3.8, 4) is 5.75 Å². The molecule has 6 nitrogen and oxygen atoms in total. The van der Waals surface area contributed by atoms with Crippen molar-refractivity contribution in [1.29, 1.82) is 0 Å². The van der Waals surface area contributed by atoms with E-state index < -0.39 is 24.7 Å². The molecule has 0 saturated heterocycles. The molecule has 2 N–H and O–H groups in total. The van der Waals surface area contributed by atoms with E-state index in [4.69, 9.17) is 4.74 Å². The Bertz CT molecular complexity index is 483. The van der Waals surface area contributed by atoms with Crippen molar-refractivity contribution >= 4 is 12.4 Å². The number of halogens is 2. The molecule has 1 aromatic carbocycles. The summed E-state index contributed by atoms with van der Waals surface area (Å²) in [5, 5.41) is 12.3. The van der Waals surface area contributed by atoms with Crippen molar-refractivity contribution in [3.63, 3.8) is 0 Å². The quantitative estimate of drug-likeness (QED) is 0.553. The van der Waals surface area contributed by atoms with Gasteiger partial charge >= 0.3 is 12.6 Å². The summed E-state index contributed by atoms with van der Waals surface area (Å²) >= 11 is 0. The summed E-state index contributed by atoms with van der Waals surface area (Å²) in [5.74, 6) is -1.18. The summed E-state index contributed by atoms with van der Waals surface area (Å²) in [6.07, 6.45) is -1.38. The fraction of sp³-hybridized carbons (Fsp3) is 0.385. The average Bonchev–Trinajstić information content (AvgIpc) is 2.44. The van der Waals surface area contributed by atoms with Crippen LogP contribution < -0.4 is 10.1 Å². The van der Waals surface area contributed by atoms with Crippen molar-refractivity contribution in [2.45, 2.75) is 25.7 Å². The van der Waals surface area contributed by atoms with E-state index in [2.05, 4.69) is 10.1 Å². The van der Waals surface area contributed by atoms with Crippen molar-refractivity contribution in [2.75, 3.05) is 6.61 Å². The molecule has 0 aliphatic carbocycles. The smallest absolute Gasteiger partial charge is 0.387 e. The molecule has 0 bridgehead atoms. The number of aliphatic hydroxyl groups is 1. The highest BCUT2D eigenvalue weighted by Crippen LogP contribution is 2.28. The fourth-order valence-electron chi connectivity index (χ4n) is 1.70. The normalized spacial score (nSPS) is 13.4. The summed E-state index contributed by atoms with van der Waals surface area (Å²) in [6, 6.07) is 4.00. The number of hydrogen-bond acceptors (Lipinski definition) is 5. The van der Waals surface area contributed by atoms with Gasteiger partial charge in [0.15, 0.2) is 6.04 Å². The number of carbonyl (C=O) groups excluding carboxylic acids is 2. The molecule has 2 unspecified atom stereocenters. The first-order chi connectivity index (χ1) is 10.0. The van der Waals surface area contributed by atoms with E-state index in [9.17, 15) is 23.5 Å². The predicted molar refractivity (Wildman–Crippen MR) is 67.7 cm³/mol. The van der Waals surface area contributed by atoms with Gasteiger partial charge < -0.3 is 19.9 Å². The van der Waals surface area contributed by atoms with Crippen LogP contribution in [0.15, 0.2) is 24.3 Å². The van der Waals surface area contributed by atoms with Crippen molar-refractivity contribution < 1.29 is 33.0 Å². The number of carbonyl (C=O) groups is 2. The van der Waals surface area contributed by atoms with E-state index in [1.165, 1.54) is 24.3 Å². The standard InChI is InChI=1S/C13H15F2NO5/c1-2-20-12(19)10(16-7-17)11(18)8-5-3-4-6-9(8)21-13(14)15/h3-7,10-11,13,18H,2H2,1H3,(H,16,17). The Kier molecular flexibility index (Phi) is 6.54. The van der Waals surface area contributed by atoms with Gasteiger partial charge in [0.05, 0.1) is 6.61 Å². The number of aliphatic hydroxyl groups excluding tert-OH is 1. The third-order valence-electron chi connectivity index (χ3n) is 2.56. The monoisotopic (exact) mass is 303 g/mol. The molecule has 0 saturated carbocycles. The van der Waals surface area contributed by atoms with Gasteiger partial charge in [-0.05, 0) is 13.0 Å². The zero-order valence-corrected chi connectivity index (χ0v) is 11.2. The maximum atomic E-state index is 12.3. The zero-order chi connectivity index (χ0) is 15.8. The van der Waals surface area contributed by atoms with E-state index in [1.807, 2.05) is 0 Å². The molecule has 0 radical (unpaired) electrons. The Morgan fingerprint density at radius 1 is 1.43 bits per heavy atom. The SMILES string of the molecule is CCOC(=O)C(NC=O)C(O)c1ccccc1OC(F)F. The minimum Gasteiger partial charge on any atom is -0.464 e. The molecule has 0 spiro atoms. The first kappa shape index (κ1) is 16.8. The van der Waals surface area contributed by atoms with Gasteiger partial charge in [-0.2, -0.15) is 8.78 Å². The number of rotatable bonds is 8. The van der Waals surface area contributed by atoms with E-state index in [0.29, 0.717) is 0 Å². The van der Waals surface area contributed by atoms with E-state index in [-0.39, 0.29) is 24.3 Å². The molecule has 0 aromatic heterocycles. The Morgan fingerprint density at radius 3 is 2.67 bits per heavy atom. The molecule has 1 rings (SSSR count). The lowest BCUT2D eigenvalue weighted by molar-refractivity contribution is -0.149. The molecule has 0 heterocycles. The lowest BCUT2D eigenvalue weighted by Crippen LogP contribution is -2.42. The first-order valence-corrected chi connectivity index (χ1v) is 6.09. The van der Waals surface area contributed by atoms with Gasteiger partial charge in [-0.15, -0.1) is 0 Å². The van der Waals surface area contributed by atoms with Crippen molar-refractivity contribution in [1.82, 2.24) is 5.32 Å². The van der Waals surface area contributed by atoms with Gasteiger partial charge in [0.2, 0.25) is 6.41 Å². The van der Waals surface area contributed by atoms with Gasteiger partial charge in [0.1, 0.15) is 11.9 Å². The molecule has 0 aliphatic heterocycles. The highest BCUT2D eigenvalue weighted by Gasteiger charge is 2.31. The van der Waals surface area contributed by atoms with Gasteiger partial charge in [-0.1, -0.05) is 18.2 Å². The lowest BCUT2D eigenvalue weighted by atomic mass is 10.0. The molecule has 21 heavy (non-hydrogen) atoms. The highest BCUT2D eigenvalue weighted by molar-refractivity contribution is 5.79. The third kappa shape index (κ3) is 4.67. The first-order valence-electron chi connectivity index (χ1n) is 6.09. The van der Waals surface area contributed by atoms with Crippen molar-refractivity contribution in [2.24, 2.45) is 0 Å². The minimum atomic E-state index is -3.08. The van der Waals surface area contributed by atoms with Crippen LogP contribution in [0.25, 0.3) is 0 Å². The second kappa shape index (κ2) is 8.15. The number of benzene rings is 1. The topological polar surface area (TPSA) is 84.9 Å². The van der Waals surface area contributed by atoms with Crippen LogP contribution in [0.1, 0.15) is 18.6 Å². The number of nitrogens with one attached hydrogen (secondary N) is 1. The minimum absolute atomic E-state index is 0.0395. The van der Waals surface area contributed by atoms with Crippen LogP contribution in [0, 0.1) is 0 Å². The zero-order valence-electron chi connectivity index (χ0n) is 11.2. The Morgan fingerprint density at radius 2 is 2.10 bits per heavy atom. The summed E-state index contributed by atoms with van der Waals surface area (Å²) < 4.78 is 33.6. The third-order valence-corrected chi connectivity index (χ3v) is 2.56. The largest absolute Gasteiger partial charge is 0.464 e. The highest BCUT2D eigenvalue weighted by atomic mass is 19.3. The van der Waals surface area contributed by atoms with E-state index in [0.717, 1.165) is 0 Å². The van der Waals surface area contributed by atoms with Crippen LogP contribution in [0.3, 0.4) is 0 Å². The van der Waals surface area contributed by atoms with Gasteiger partial charge in [-0.3, -0.25) is 4.79 Å². The maximum Gasteiger partial charge on any atom is 0.387 e. The summed E-state index contributed by atoms with van der Waals surface area (Å²) in [4.78, 5) is 22.2. The second-order valence-electron chi connectivity index (χ2n) is 3.88. The lowest BCUT2D eigenvalue weighted by Gasteiger charge is -2.22. The summed E-state index contributed by atoms with van der Waals surface area (Å²) in [7, 11) is 0. The number of esters is 1. The van der Waals surface area contributed by atoms with Crippen LogP contribution in [-0.2, 0) is 14.3 Å². The fourth-order valence-corrected chi connectivity index (χ4v) is 1.70. The summed E-state index contributed by atoms with van der Waals surface area (Å²) in [5.41, 5.74) is -0.0646. The molecule has 2 atom stereocenters. The second-order valence-corrected chi connectivity index (χ2v) is 3.88. The van der Waals surface area contributed by atoms with Gasteiger partial charge in [0, 0.05) is 5.56 Å². The molecular weight excluding hydrogens is 288 g/mol. The van der Waals surface area contributed by atoms with Crippen LogP contribution >= 0.6 is 0 Å². The van der Waals surface area contributed by atoms with Crippen LogP contribution in [0.4, 0.5) is 8.78 Å². The molecule has 0 fully saturated rings. The van der Waals surface area contributed by atoms with E-state index in [1.54, 1.807) is 6.92 Å². The Labute approximate surface area is 119 Å². The number of alkyl halides is 2. The van der Waals surface area contributed by atoms with Crippen LogP contribution in [-0.4, -0.2) is 36.7 Å². The number of hydrogen-bond donors (Lipinski definition) is 2. The molecule has 116 valence electrons. The number of ether oxygens (including phenoxy) is 2. The number of amides is 1. The Balaban J connectivity index is 3.05. The predicted octanol–water partition coefficient (Wildman–Crippen LogP) is 0.999. The van der Waals surface area contributed by atoms with Crippen LogP contribution in [0.5, 0.6) is 5.75 Å². The number of para-hydroxylation sites is 1.